The molecule has 0 atom stereocenters. The molecule has 0 fully saturated rings. The molecule has 0 aliphatic heterocycles. The molecule has 0 amide bonds. The summed E-state index contributed by atoms with van der Waals surface area (Å²) < 4.78 is 1.78. The quantitative estimate of drug-likeness (QED) is 0.820. The van der Waals surface area contributed by atoms with Crippen LogP contribution in [0.15, 0.2) is 18.7 Å². The van der Waals surface area contributed by atoms with Gasteiger partial charge in [0, 0.05) is 17.3 Å². The molecular weight excluding hydrogens is 276 g/mol. The van der Waals surface area contributed by atoms with E-state index in [4.69, 9.17) is 12.2 Å². The Morgan fingerprint density at radius 3 is 3.11 bits per heavy atom. The molecule has 1 aliphatic rings. The summed E-state index contributed by atoms with van der Waals surface area (Å²) in [5.41, 5.74) is 1.63. The summed E-state index contributed by atoms with van der Waals surface area (Å²) in [5.74, 6) is 0. The summed E-state index contributed by atoms with van der Waals surface area (Å²) in [7, 11) is 0. The highest BCUT2D eigenvalue weighted by Gasteiger charge is 2.28. The van der Waals surface area contributed by atoms with Crippen molar-refractivity contribution in [2.24, 2.45) is 5.41 Å². The minimum atomic E-state index is 0.391. The number of imidazole rings is 1. The molecule has 100 valence electrons. The predicted molar refractivity (Wildman–Crippen MR) is 81.8 cm³/mol. The highest BCUT2D eigenvalue weighted by molar-refractivity contribution is 7.80. The van der Waals surface area contributed by atoms with E-state index < -0.39 is 0 Å². The maximum absolute atomic E-state index is 5.32. The van der Waals surface area contributed by atoms with Crippen LogP contribution in [0.25, 0.3) is 0 Å². The normalized spacial score (nSPS) is 16.9. The summed E-state index contributed by atoms with van der Waals surface area (Å²) in [5, 5.41) is 4.69. The number of nitrogens with one attached hydrogen (secondary N) is 1. The Morgan fingerprint density at radius 1 is 1.53 bits per heavy atom. The number of anilines is 1. The van der Waals surface area contributed by atoms with Gasteiger partial charge in [0.15, 0.2) is 10.2 Å². The van der Waals surface area contributed by atoms with Crippen molar-refractivity contribution in [2.45, 2.75) is 33.1 Å². The van der Waals surface area contributed by atoms with E-state index in [0.717, 1.165) is 18.0 Å². The molecular formula is C13H16N4S2. The molecule has 1 aliphatic carbocycles. The van der Waals surface area contributed by atoms with Crippen molar-refractivity contribution in [1.29, 1.82) is 0 Å². The van der Waals surface area contributed by atoms with Gasteiger partial charge in [0.25, 0.3) is 0 Å². The van der Waals surface area contributed by atoms with Crippen LogP contribution in [-0.4, -0.2) is 19.6 Å². The second-order valence-corrected chi connectivity index (χ2v) is 7.10. The first-order valence-corrected chi connectivity index (χ1v) is 7.54. The van der Waals surface area contributed by atoms with Gasteiger partial charge >= 0.3 is 0 Å². The molecule has 4 nitrogen and oxygen atoms in total. The number of hydrogen-bond acceptors (Lipinski definition) is 4. The van der Waals surface area contributed by atoms with Gasteiger partial charge in [-0.2, -0.15) is 0 Å². The Bertz CT molecular complexity index is 598. The first-order chi connectivity index (χ1) is 9.03. The molecule has 2 aromatic heterocycles. The van der Waals surface area contributed by atoms with Gasteiger partial charge in [0.2, 0.25) is 0 Å². The molecule has 0 unspecified atom stereocenters. The molecule has 6 heteroatoms. The van der Waals surface area contributed by atoms with E-state index in [1.54, 1.807) is 28.4 Å². The predicted octanol–water partition coefficient (Wildman–Crippen LogP) is 3.10. The van der Waals surface area contributed by atoms with Crippen molar-refractivity contribution >= 4 is 33.8 Å². The molecule has 2 aromatic rings. The molecule has 2 heterocycles. The second-order valence-electron chi connectivity index (χ2n) is 5.63. The maximum atomic E-state index is 5.32. The molecule has 0 bridgehead atoms. The highest BCUT2D eigenvalue weighted by Crippen LogP contribution is 2.38. The van der Waals surface area contributed by atoms with Crippen LogP contribution in [0.3, 0.4) is 0 Å². The summed E-state index contributed by atoms with van der Waals surface area (Å²) >= 11 is 7.04. The van der Waals surface area contributed by atoms with Gasteiger partial charge in [-0.3, -0.25) is 4.57 Å². The van der Waals surface area contributed by atoms with Gasteiger partial charge in [-0.1, -0.05) is 13.8 Å². The average molecular weight is 292 g/mol. The molecule has 1 N–H and O–H groups in total. The maximum Gasteiger partial charge on any atom is 0.189 e. The van der Waals surface area contributed by atoms with E-state index in [9.17, 15) is 0 Å². The number of aromatic nitrogens is 3. The minimum Gasteiger partial charge on any atom is -0.308 e. The van der Waals surface area contributed by atoms with Crippen molar-refractivity contribution in [3.8, 4) is 0 Å². The van der Waals surface area contributed by atoms with E-state index in [1.807, 2.05) is 6.20 Å². The molecule has 3 rings (SSSR count). The Balaban J connectivity index is 1.77. The van der Waals surface area contributed by atoms with Gasteiger partial charge in [-0.25, -0.2) is 9.97 Å². The van der Waals surface area contributed by atoms with Crippen LogP contribution in [0.1, 0.15) is 30.8 Å². The van der Waals surface area contributed by atoms with Gasteiger partial charge in [0.05, 0.1) is 5.69 Å². The summed E-state index contributed by atoms with van der Waals surface area (Å²) in [6, 6.07) is 0. The standard InChI is InChI=1S/C13H16N4S2/c1-13(2)4-3-9-10(7-13)19-11(15-9)16-12(18)17-6-5-14-8-17/h5-6,8H,3-4,7H2,1-2H3,(H,15,16,18). The van der Waals surface area contributed by atoms with Crippen molar-refractivity contribution in [3.63, 3.8) is 0 Å². The Morgan fingerprint density at radius 2 is 2.37 bits per heavy atom. The van der Waals surface area contributed by atoms with Crippen LogP contribution in [0.2, 0.25) is 0 Å². The SMILES string of the molecule is CC1(C)CCc2nc(NC(=S)n3ccnc3)sc2C1. The molecule has 0 aromatic carbocycles. The molecule has 0 saturated carbocycles. The minimum absolute atomic E-state index is 0.391. The van der Waals surface area contributed by atoms with Crippen molar-refractivity contribution in [3.05, 3.63) is 29.3 Å². The largest absolute Gasteiger partial charge is 0.308 e. The topological polar surface area (TPSA) is 42.7 Å². The fraction of sp³-hybridized carbons (Fsp3) is 0.462. The Labute approximate surface area is 121 Å². The van der Waals surface area contributed by atoms with E-state index in [0.29, 0.717) is 10.5 Å². The Hall–Kier alpha value is -1.27. The zero-order valence-corrected chi connectivity index (χ0v) is 12.6. The third-order valence-electron chi connectivity index (χ3n) is 3.41. The fourth-order valence-electron chi connectivity index (χ4n) is 2.29. The van der Waals surface area contributed by atoms with E-state index in [-0.39, 0.29) is 0 Å². The first-order valence-electron chi connectivity index (χ1n) is 6.31. The first kappa shape index (κ1) is 12.7. The van der Waals surface area contributed by atoms with E-state index in [1.165, 1.54) is 17.0 Å². The number of rotatable bonds is 1. The zero-order valence-electron chi connectivity index (χ0n) is 11.0. The number of fused-ring (bicyclic) bond motifs is 1. The van der Waals surface area contributed by atoms with Gasteiger partial charge in [-0.05, 0) is 36.9 Å². The van der Waals surface area contributed by atoms with Gasteiger partial charge in [-0.15, -0.1) is 11.3 Å². The number of hydrogen-bond donors (Lipinski definition) is 1. The second kappa shape index (κ2) is 4.68. The van der Waals surface area contributed by atoms with Crippen molar-refractivity contribution < 1.29 is 0 Å². The molecule has 19 heavy (non-hydrogen) atoms. The number of thiocarbonyl (C=S) groups is 1. The summed E-state index contributed by atoms with van der Waals surface area (Å²) in [4.78, 5) is 10.0. The monoisotopic (exact) mass is 292 g/mol. The van der Waals surface area contributed by atoms with Crippen molar-refractivity contribution in [2.75, 3.05) is 5.32 Å². The number of nitrogens with zero attached hydrogens (tertiary/aromatic N) is 3. The lowest BCUT2D eigenvalue weighted by atomic mass is 9.79. The molecule has 0 saturated heterocycles. The van der Waals surface area contributed by atoms with Crippen LogP contribution in [0.4, 0.5) is 5.13 Å². The van der Waals surface area contributed by atoms with E-state index >= 15 is 0 Å². The smallest absolute Gasteiger partial charge is 0.189 e. The van der Waals surface area contributed by atoms with E-state index in [2.05, 4.69) is 29.1 Å². The third-order valence-corrected chi connectivity index (χ3v) is 4.73. The zero-order chi connectivity index (χ0) is 13.5. The highest BCUT2D eigenvalue weighted by atomic mass is 32.1. The van der Waals surface area contributed by atoms with Crippen LogP contribution in [0.5, 0.6) is 0 Å². The van der Waals surface area contributed by atoms with Crippen LogP contribution in [0, 0.1) is 5.41 Å². The lowest BCUT2D eigenvalue weighted by Crippen LogP contribution is -2.21. The summed E-state index contributed by atoms with van der Waals surface area (Å²) in [6.07, 6.45) is 8.61. The van der Waals surface area contributed by atoms with Crippen LogP contribution in [-0.2, 0) is 12.8 Å². The Kier molecular flexibility index (Phi) is 3.14. The summed E-state index contributed by atoms with van der Waals surface area (Å²) in [6.45, 7) is 4.64. The van der Waals surface area contributed by atoms with Crippen LogP contribution >= 0.6 is 23.6 Å². The average Bonchev–Trinajstić information content (AvgIpc) is 2.95. The van der Waals surface area contributed by atoms with Gasteiger partial charge < -0.3 is 5.32 Å². The number of thiazole rings is 1. The lowest BCUT2D eigenvalue weighted by molar-refractivity contribution is 0.316. The lowest BCUT2D eigenvalue weighted by Gasteiger charge is -2.28. The molecule has 0 spiro atoms. The third kappa shape index (κ3) is 2.69. The number of aryl methyl sites for hydroxylation is 1. The fourth-order valence-corrected chi connectivity index (χ4v) is 3.82. The van der Waals surface area contributed by atoms with Crippen molar-refractivity contribution in [1.82, 2.24) is 14.5 Å². The van der Waals surface area contributed by atoms with Crippen LogP contribution < -0.4 is 5.32 Å². The molecule has 0 radical (unpaired) electrons. The van der Waals surface area contributed by atoms with Gasteiger partial charge in [0.1, 0.15) is 6.33 Å².